The topological polar surface area (TPSA) is 74.8 Å². The molecule has 2 amide bonds. The van der Waals surface area contributed by atoms with Gasteiger partial charge in [0.05, 0.1) is 11.5 Å². The number of hydrogen-bond acceptors (Lipinski definition) is 4. The minimum absolute atomic E-state index is 0.0214. The summed E-state index contributed by atoms with van der Waals surface area (Å²) in [6, 6.07) is 6.44. The molecule has 150 valence electrons. The summed E-state index contributed by atoms with van der Waals surface area (Å²) in [5.41, 5.74) is 1.05. The molecule has 0 saturated carbocycles. The van der Waals surface area contributed by atoms with Crippen molar-refractivity contribution in [3.8, 4) is 0 Å². The predicted molar refractivity (Wildman–Crippen MR) is 107 cm³/mol. The fourth-order valence-electron chi connectivity index (χ4n) is 3.55. The third-order valence-corrected chi connectivity index (χ3v) is 6.65. The van der Waals surface area contributed by atoms with Crippen molar-refractivity contribution in [2.45, 2.75) is 46.1 Å². The van der Waals surface area contributed by atoms with Crippen molar-refractivity contribution in [3.05, 3.63) is 35.4 Å². The van der Waals surface area contributed by atoms with Gasteiger partial charge in [-0.3, -0.25) is 9.59 Å². The van der Waals surface area contributed by atoms with Crippen molar-refractivity contribution >= 4 is 21.7 Å². The molecule has 1 aliphatic heterocycles. The Hall–Kier alpha value is -1.89. The monoisotopic (exact) mass is 394 g/mol. The highest BCUT2D eigenvalue weighted by atomic mass is 32.2. The summed E-state index contributed by atoms with van der Waals surface area (Å²) in [5.74, 6) is -0.0318. The van der Waals surface area contributed by atoms with Gasteiger partial charge in [0.1, 0.15) is 0 Å². The average molecular weight is 395 g/mol. The molecule has 0 bridgehead atoms. The van der Waals surface area contributed by atoms with E-state index in [1.54, 1.807) is 29.2 Å². The molecule has 1 saturated heterocycles. The van der Waals surface area contributed by atoms with Crippen LogP contribution in [-0.4, -0.2) is 67.2 Å². The van der Waals surface area contributed by atoms with Crippen LogP contribution in [0.1, 0.15) is 60.7 Å². The van der Waals surface area contributed by atoms with Gasteiger partial charge >= 0.3 is 0 Å². The highest BCUT2D eigenvalue weighted by molar-refractivity contribution is 7.91. The summed E-state index contributed by atoms with van der Waals surface area (Å²) < 4.78 is 23.5. The van der Waals surface area contributed by atoms with Gasteiger partial charge in [0.2, 0.25) is 0 Å². The molecule has 1 fully saturated rings. The van der Waals surface area contributed by atoms with E-state index in [1.165, 1.54) is 0 Å². The Balaban J connectivity index is 2.13. The van der Waals surface area contributed by atoms with Crippen LogP contribution < -0.4 is 0 Å². The lowest BCUT2D eigenvalue weighted by atomic mass is 10.1. The largest absolute Gasteiger partial charge is 0.339 e. The molecular weight excluding hydrogens is 364 g/mol. The molecule has 1 aliphatic rings. The lowest BCUT2D eigenvalue weighted by molar-refractivity contribution is 0.0705. The zero-order valence-corrected chi connectivity index (χ0v) is 17.3. The Labute approximate surface area is 162 Å². The first-order chi connectivity index (χ1) is 12.8. The summed E-state index contributed by atoms with van der Waals surface area (Å²) in [4.78, 5) is 28.9. The number of amides is 2. The molecule has 0 N–H and O–H groups in total. The molecular formula is C20H30N2O4S. The van der Waals surface area contributed by atoms with E-state index in [0.29, 0.717) is 37.2 Å². The third kappa shape index (κ3) is 5.31. The third-order valence-electron chi connectivity index (χ3n) is 4.90. The molecule has 1 aromatic rings. The van der Waals surface area contributed by atoms with E-state index in [1.807, 2.05) is 25.7 Å². The van der Waals surface area contributed by atoms with Crippen molar-refractivity contribution in [3.63, 3.8) is 0 Å². The molecule has 0 aromatic heterocycles. The van der Waals surface area contributed by atoms with Crippen LogP contribution in [0.15, 0.2) is 24.3 Å². The molecule has 0 aliphatic carbocycles. The fraction of sp³-hybridized carbons (Fsp3) is 0.600. The molecule has 0 spiro atoms. The zero-order valence-electron chi connectivity index (χ0n) is 16.5. The number of benzene rings is 1. The van der Waals surface area contributed by atoms with Crippen molar-refractivity contribution in [2.75, 3.05) is 31.1 Å². The van der Waals surface area contributed by atoms with E-state index in [4.69, 9.17) is 0 Å². The van der Waals surface area contributed by atoms with E-state index < -0.39 is 9.84 Å². The standard InChI is InChI=1S/C20H30N2O4S/c1-4-12-21(13-5-2)19(23)16-7-9-17(10-8-16)20(24)22(6-3)18-11-14-27(25,26)15-18/h7-10,18H,4-6,11-15H2,1-3H3. The molecule has 6 nitrogen and oxygen atoms in total. The molecule has 1 heterocycles. The van der Waals surface area contributed by atoms with E-state index in [-0.39, 0.29) is 29.4 Å². The Bertz CT molecular complexity index is 753. The second-order valence-corrected chi connectivity index (χ2v) is 9.25. The van der Waals surface area contributed by atoms with Gasteiger partial charge in [-0.05, 0) is 50.5 Å². The second-order valence-electron chi connectivity index (χ2n) is 7.02. The van der Waals surface area contributed by atoms with Crippen LogP contribution in [-0.2, 0) is 9.84 Å². The van der Waals surface area contributed by atoms with Gasteiger partial charge in [0, 0.05) is 36.8 Å². The predicted octanol–water partition coefficient (Wildman–Crippen LogP) is 2.60. The van der Waals surface area contributed by atoms with Crippen LogP contribution >= 0.6 is 0 Å². The van der Waals surface area contributed by atoms with Crippen LogP contribution in [0.5, 0.6) is 0 Å². The van der Waals surface area contributed by atoms with Crippen LogP contribution in [0.3, 0.4) is 0 Å². The number of carbonyl (C=O) groups is 2. The lowest BCUT2D eigenvalue weighted by Gasteiger charge is -2.27. The van der Waals surface area contributed by atoms with Crippen molar-refractivity contribution in [1.82, 2.24) is 9.80 Å². The van der Waals surface area contributed by atoms with Crippen LogP contribution in [0.4, 0.5) is 0 Å². The van der Waals surface area contributed by atoms with Gasteiger partial charge in [-0.1, -0.05) is 13.8 Å². The van der Waals surface area contributed by atoms with Crippen molar-refractivity contribution in [2.24, 2.45) is 0 Å². The van der Waals surface area contributed by atoms with Gasteiger partial charge < -0.3 is 9.80 Å². The minimum Gasteiger partial charge on any atom is -0.339 e. The summed E-state index contributed by atoms with van der Waals surface area (Å²) >= 11 is 0. The first-order valence-corrected chi connectivity index (χ1v) is 11.6. The quantitative estimate of drug-likeness (QED) is 0.679. The number of carbonyl (C=O) groups excluding carboxylic acids is 2. The Morgan fingerprint density at radius 2 is 1.48 bits per heavy atom. The Morgan fingerprint density at radius 1 is 0.963 bits per heavy atom. The molecule has 27 heavy (non-hydrogen) atoms. The Morgan fingerprint density at radius 3 is 1.89 bits per heavy atom. The highest BCUT2D eigenvalue weighted by Crippen LogP contribution is 2.20. The number of hydrogen-bond donors (Lipinski definition) is 0. The normalized spacial score (nSPS) is 18.3. The van der Waals surface area contributed by atoms with E-state index >= 15 is 0 Å². The molecule has 1 aromatic carbocycles. The minimum atomic E-state index is -3.05. The number of sulfone groups is 1. The van der Waals surface area contributed by atoms with E-state index in [9.17, 15) is 18.0 Å². The first-order valence-electron chi connectivity index (χ1n) is 9.73. The van der Waals surface area contributed by atoms with Crippen LogP contribution in [0.25, 0.3) is 0 Å². The molecule has 7 heteroatoms. The zero-order chi connectivity index (χ0) is 20.0. The molecule has 2 rings (SSSR count). The maximum atomic E-state index is 12.8. The Kier molecular flexibility index (Phi) is 7.41. The second kappa shape index (κ2) is 9.35. The maximum Gasteiger partial charge on any atom is 0.254 e. The molecule has 1 atom stereocenters. The number of rotatable bonds is 8. The van der Waals surface area contributed by atoms with Gasteiger partial charge in [0.25, 0.3) is 11.8 Å². The van der Waals surface area contributed by atoms with Crippen molar-refractivity contribution < 1.29 is 18.0 Å². The fourth-order valence-corrected chi connectivity index (χ4v) is 5.28. The highest BCUT2D eigenvalue weighted by Gasteiger charge is 2.34. The van der Waals surface area contributed by atoms with E-state index in [2.05, 4.69) is 0 Å². The van der Waals surface area contributed by atoms with Crippen LogP contribution in [0.2, 0.25) is 0 Å². The van der Waals surface area contributed by atoms with Gasteiger partial charge in [-0.15, -0.1) is 0 Å². The van der Waals surface area contributed by atoms with Crippen LogP contribution in [0, 0.1) is 0 Å². The summed E-state index contributed by atoms with van der Waals surface area (Å²) in [7, 11) is -3.05. The van der Waals surface area contributed by atoms with E-state index in [0.717, 1.165) is 12.8 Å². The average Bonchev–Trinajstić information content (AvgIpc) is 3.01. The first kappa shape index (κ1) is 21.4. The molecule has 0 radical (unpaired) electrons. The lowest BCUT2D eigenvalue weighted by Crippen LogP contribution is -2.41. The SMILES string of the molecule is CCCN(CCC)C(=O)c1ccc(C(=O)N(CC)C2CCS(=O)(=O)C2)cc1. The smallest absolute Gasteiger partial charge is 0.254 e. The van der Waals surface area contributed by atoms with Gasteiger partial charge in [-0.25, -0.2) is 8.42 Å². The summed E-state index contributed by atoms with van der Waals surface area (Å²) in [6.45, 7) is 7.83. The van der Waals surface area contributed by atoms with Crippen molar-refractivity contribution in [1.29, 1.82) is 0 Å². The summed E-state index contributed by atoms with van der Waals surface area (Å²) in [5, 5.41) is 0. The van der Waals surface area contributed by atoms with Gasteiger partial charge in [0.15, 0.2) is 9.84 Å². The summed E-state index contributed by atoms with van der Waals surface area (Å²) in [6.07, 6.45) is 2.29. The van der Waals surface area contributed by atoms with Gasteiger partial charge in [-0.2, -0.15) is 0 Å². The molecule has 1 unspecified atom stereocenters. The number of nitrogens with zero attached hydrogens (tertiary/aromatic N) is 2. The maximum absolute atomic E-state index is 12.8.